The summed E-state index contributed by atoms with van der Waals surface area (Å²) in [5.74, 6) is 0.0451. The quantitative estimate of drug-likeness (QED) is 0.768. The van der Waals surface area contributed by atoms with Crippen LogP contribution in [0.3, 0.4) is 0 Å². The molecule has 1 heterocycles. The minimum absolute atomic E-state index is 0. The molecule has 2 amide bonds. The van der Waals surface area contributed by atoms with Crippen LogP contribution in [0.2, 0.25) is 0 Å². The van der Waals surface area contributed by atoms with E-state index in [9.17, 15) is 9.59 Å². The Hall–Kier alpha value is -0.810. The van der Waals surface area contributed by atoms with Crippen molar-refractivity contribution in [3.8, 4) is 0 Å². The first-order valence-electron chi connectivity index (χ1n) is 6.74. The second kappa shape index (κ2) is 7.70. The first kappa shape index (κ1) is 18.2. The van der Waals surface area contributed by atoms with Crippen LogP contribution in [-0.4, -0.2) is 41.4 Å². The highest BCUT2D eigenvalue weighted by Gasteiger charge is 2.29. The van der Waals surface area contributed by atoms with E-state index >= 15 is 0 Å². The van der Waals surface area contributed by atoms with Crippen LogP contribution in [0.1, 0.15) is 46.5 Å². The normalized spacial score (nSPS) is 19.6. The number of hydrogen-bond acceptors (Lipinski definition) is 3. The smallest absolute Gasteiger partial charge is 0.240 e. The Morgan fingerprint density at radius 2 is 2.21 bits per heavy atom. The third-order valence-corrected chi connectivity index (χ3v) is 3.33. The lowest BCUT2D eigenvalue weighted by Gasteiger charge is -2.27. The highest BCUT2D eigenvalue weighted by atomic mass is 35.5. The zero-order chi connectivity index (χ0) is 13.8. The van der Waals surface area contributed by atoms with Gasteiger partial charge in [0.25, 0.3) is 0 Å². The molecule has 6 heteroatoms. The Morgan fingerprint density at radius 1 is 1.58 bits per heavy atom. The van der Waals surface area contributed by atoms with E-state index in [1.165, 1.54) is 0 Å². The van der Waals surface area contributed by atoms with E-state index in [4.69, 9.17) is 5.73 Å². The van der Waals surface area contributed by atoms with Gasteiger partial charge in [-0.05, 0) is 26.7 Å². The number of carbonyl (C=O) groups excluding carboxylic acids is 2. The molecule has 0 aliphatic carbocycles. The first-order chi connectivity index (χ1) is 8.36. The Labute approximate surface area is 121 Å². The van der Waals surface area contributed by atoms with Crippen LogP contribution in [0.4, 0.5) is 0 Å². The number of hydrogen-bond donors (Lipinski definition) is 2. The molecular weight excluding hydrogens is 266 g/mol. The zero-order valence-corrected chi connectivity index (χ0v) is 12.9. The van der Waals surface area contributed by atoms with Crippen LogP contribution in [0.15, 0.2) is 0 Å². The molecule has 0 bridgehead atoms. The van der Waals surface area contributed by atoms with Crippen molar-refractivity contribution >= 4 is 24.2 Å². The average Bonchev–Trinajstić information content (AvgIpc) is 2.64. The van der Waals surface area contributed by atoms with Gasteiger partial charge in [-0.3, -0.25) is 9.59 Å². The molecule has 0 aromatic rings. The van der Waals surface area contributed by atoms with Gasteiger partial charge in [-0.2, -0.15) is 0 Å². The number of amides is 2. The maximum atomic E-state index is 12.0. The zero-order valence-electron chi connectivity index (χ0n) is 12.1. The van der Waals surface area contributed by atoms with E-state index in [2.05, 4.69) is 5.32 Å². The number of nitrogens with one attached hydrogen (secondary N) is 1. The molecule has 0 spiro atoms. The first-order valence-corrected chi connectivity index (χ1v) is 6.74. The predicted octanol–water partition coefficient (Wildman–Crippen LogP) is 1.05. The van der Waals surface area contributed by atoms with Crippen molar-refractivity contribution in [2.45, 2.75) is 58.0 Å². The van der Waals surface area contributed by atoms with Gasteiger partial charge in [-0.15, -0.1) is 12.4 Å². The molecule has 2 unspecified atom stereocenters. The fourth-order valence-electron chi connectivity index (χ4n) is 2.29. The molecule has 0 aromatic heterocycles. The van der Waals surface area contributed by atoms with Gasteiger partial charge in [-0.25, -0.2) is 0 Å². The molecule has 3 N–H and O–H groups in total. The SMILES string of the molecule is CCCC(C)(N)C(=O)NC(C)CN1CCCC1=O.Cl. The molecule has 1 fully saturated rings. The van der Waals surface area contributed by atoms with Gasteiger partial charge >= 0.3 is 0 Å². The monoisotopic (exact) mass is 291 g/mol. The number of halogens is 1. The summed E-state index contributed by atoms with van der Waals surface area (Å²) in [4.78, 5) is 25.3. The fourth-order valence-corrected chi connectivity index (χ4v) is 2.29. The van der Waals surface area contributed by atoms with Crippen LogP contribution in [-0.2, 0) is 9.59 Å². The third-order valence-electron chi connectivity index (χ3n) is 3.33. The third kappa shape index (κ3) is 5.37. The van der Waals surface area contributed by atoms with Crippen molar-refractivity contribution in [3.05, 3.63) is 0 Å². The molecule has 1 aliphatic rings. The van der Waals surface area contributed by atoms with Gasteiger partial charge in [0.15, 0.2) is 0 Å². The lowest BCUT2D eigenvalue weighted by Crippen LogP contribution is -2.55. The lowest BCUT2D eigenvalue weighted by molar-refractivity contribution is -0.130. The topological polar surface area (TPSA) is 75.4 Å². The minimum Gasteiger partial charge on any atom is -0.350 e. The minimum atomic E-state index is -0.821. The summed E-state index contributed by atoms with van der Waals surface area (Å²) in [6.45, 7) is 7.04. The van der Waals surface area contributed by atoms with Crippen LogP contribution < -0.4 is 11.1 Å². The summed E-state index contributed by atoms with van der Waals surface area (Å²) in [5.41, 5.74) is 5.14. The number of nitrogens with zero attached hydrogens (tertiary/aromatic N) is 1. The average molecular weight is 292 g/mol. The van der Waals surface area contributed by atoms with E-state index in [0.717, 1.165) is 19.4 Å². The van der Waals surface area contributed by atoms with Crippen molar-refractivity contribution in [1.82, 2.24) is 10.2 Å². The molecule has 0 radical (unpaired) electrons. The van der Waals surface area contributed by atoms with Crippen molar-refractivity contribution in [3.63, 3.8) is 0 Å². The maximum Gasteiger partial charge on any atom is 0.240 e. The number of likely N-dealkylation sites (tertiary alicyclic amines) is 1. The van der Waals surface area contributed by atoms with Crippen molar-refractivity contribution in [1.29, 1.82) is 0 Å². The van der Waals surface area contributed by atoms with Gasteiger partial charge in [0, 0.05) is 25.6 Å². The molecule has 112 valence electrons. The van der Waals surface area contributed by atoms with Crippen LogP contribution in [0.5, 0.6) is 0 Å². The molecule has 0 saturated carbocycles. The molecule has 1 rings (SSSR count). The summed E-state index contributed by atoms with van der Waals surface area (Å²) >= 11 is 0. The summed E-state index contributed by atoms with van der Waals surface area (Å²) in [6.07, 6.45) is 3.09. The number of nitrogens with two attached hydrogens (primary N) is 1. The maximum absolute atomic E-state index is 12.0. The largest absolute Gasteiger partial charge is 0.350 e. The molecule has 5 nitrogen and oxygen atoms in total. The summed E-state index contributed by atoms with van der Waals surface area (Å²) in [5, 5.41) is 2.89. The lowest BCUT2D eigenvalue weighted by atomic mass is 9.96. The van der Waals surface area contributed by atoms with E-state index in [1.807, 2.05) is 13.8 Å². The fraction of sp³-hybridized carbons (Fsp3) is 0.846. The summed E-state index contributed by atoms with van der Waals surface area (Å²) < 4.78 is 0. The highest BCUT2D eigenvalue weighted by molar-refractivity contribution is 5.86. The van der Waals surface area contributed by atoms with E-state index < -0.39 is 5.54 Å². The molecule has 0 aromatic carbocycles. The molecule has 1 saturated heterocycles. The van der Waals surface area contributed by atoms with Crippen molar-refractivity contribution in [2.24, 2.45) is 5.73 Å². The summed E-state index contributed by atoms with van der Waals surface area (Å²) in [7, 11) is 0. The van der Waals surface area contributed by atoms with Gasteiger partial charge < -0.3 is 16.0 Å². The Kier molecular flexibility index (Phi) is 7.37. The molecule has 2 atom stereocenters. The highest BCUT2D eigenvalue weighted by Crippen LogP contribution is 2.11. The van der Waals surface area contributed by atoms with Crippen LogP contribution >= 0.6 is 12.4 Å². The molecule has 1 aliphatic heterocycles. The van der Waals surface area contributed by atoms with Crippen molar-refractivity contribution in [2.75, 3.05) is 13.1 Å². The molecular formula is C13H26ClN3O2. The summed E-state index contributed by atoms with van der Waals surface area (Å²) in [6, 6.07) is -0.0562. The number of rotatable bonds is 6. The van der Waals surface area contributed by atoms with Crippen LogP contribution in [0.25, 0.3) is 0 Å². The van der Waals surface area contributed by atoms with Crippen LogP contribution in [0, 0.1) is 0 Å². The van der Waals surface area contributed by atoms with E-state index in [1.54, 1.807) is 11.8 Å². The van der Waals surface area contributed by atoms with Crippen molar-refractivity contribution < 1.29 is 9.59 Å². The van der Waals surface area contributed by atoms with Gasteiger partial charge in [0.2, 0.25) is 11.8 Å². The van der Waals surface area contributed by atoms with E-state index in [-0.39, 0.29) is 30.3 Å². The van der Waals surface area contributed by atoms with Gasteiger partial charge in [0.1, 0.15) is 0 Å². The standard InChI is InChI=1S/C13H25N3O2.ClH/c1-4-7-13(3,14)12(18)15-10(2)9-16-8-5-6-11(16)17;/h10H,4-9,14H2,1-3H3,(H,15,18);1H. The second-order valence-corrected chi connectivity index (χ2v) is 5.49. The Morgan fingerprint density at radius 3 is 2.68 bits per heavy atom. The Bertz CT molecular complexity index is 321. The molecule has 19 heavy (non-hydrogen) atoms. The van der Waals surface area contributed by atoms with E-state index in [0.29, 0.717) is 19.4 Å². The predicted molar refractivity (Wildman–Crippen MR) is 78.2 cm³/mol. The van der Waals surface area contributed by atoms with Gasteiger partial charge in [0.05, 0.1) is 5.54 Å². The van der Waals surface area contributed by atoms with Gasteiger partial charge in [-0.1, -0.05) is 13.3 Å². The number of carbonyl (C=O) groups is 2. The second-order valence-electron chi connectivity index (χ2n) is 5.49. The Balaban J connectivity index is 0.00000324.